The van der Waals surface area contributed by atoms with Gasteiger partial charge < -0.3 is 5.32 Å². The van der Waals surface area contributed by atoms with Crippen molar-refractivity contribution in [2.24, 2.45) is 0 Å². The Hall–Kier alpha value is -1.67. The second-order valence-corrected chi connectivity index (χ2v) is 5.10. The van der Waals surface area contributed by atoms with Gasteiger partial charge in [-0.1, -0.05) is 42.0 Å². The van der Waals surface area contributed by atoms with Gasteiger partial charge in [0.25, 0.3) is 0 Å². The summed E-state index contributed by atoms with van der Waals surface area (Å²) in [7, 11) is 1.93. The highest BCUT2D eigenvalue weighted by molar-refractivity contribution is 5.38. The third-order valence-corrected chi connectivity index (χ3v) is 3.49. The molecule has 1 unspecified atom stereocenters. The molecule has 0 aliphatic carbocycles. The summed E-state index contributed by atoms with van der Waals surface area (Å²) in [6, 6.07) is 12.4. The zero-order valence-corrected chi connectivity index (χ0v) is 11.9. The molecule has 19 heavy (non-hydrogen) atoms. The van der Waals surface area contributed by atoms with Crippen LogP contribution in [-0.2, 0) is 0 Å². The molecule has 2 aromatic carbocycles. The lowest BCUT2D eigenvalue weighted by atomic mass is 9.95. The van der Waals surface area contributed by atoms with E-state index in [0.717, 1.165) is 5.56 Å². The third kappa shape index (κ3) is 2.85. The van der Waals surface area contributed by atoms with E-state index in [1.165, 1.54) is 11.1 Å². The highest BCUT2D eigenvalue weighted by atomic mass is 19.1. The van der Waals surface area contributed by atoms with Crippen LogP contribution < -0.4 is 5.32 Å². The van der Waals surface area contributed by atoms with Crippen LogP contribution in [0, 0.1) is 26.6 Å². The minimum atomic E-state index is -0.109. The molecule has 0 spiro atoms. The summed E-state index contributed by atoms with van der Waals surface area (Å²) >= 11 is 0. The topological polar surface area (TPSA) is 12.0 Å². The monoisotopic (exact) mass is 257 g/mol. The van der Waals surface area contributed by atoms with Crippen molar-refractivity contribution in [3.8, 4) is 0 Å². The summed E-state index contributed by atoms with van der Waals surface area (Å²) in [5.74, 6) is -0.109. The number of halogens is 1. The van der Waals surface area contributed by atoms with Crippen LogP contribution in [0.25, 0.3) is 0 Å². The maximum atomic E-state index is 13.7. The molecule has 2 aromatic rings. The minimum absolute atomic E-state index is 0.0959. The number of benzene rings is 2. The van der Waals surface area contributed by atoms with Gasteiger partial charge in [0.2, 0.25) is 0 Å². The van der Waals surface area contributed by atoms with Crippen molar-refractivity contribution in [1.29, 1.82) is 0 Å². The Morgan fingerprint density at radius 2 is 1.42 bits per heavy atom. The van der Waals surface area contributed by atoms with E-state index >= 15 is 0 Å². The fraction of sp³-hybridized carbons (Fsp3) is 0.294. The molecule has 0 aliphatic rings. The van der Waals surface area contributed by atoms with Crippen molar-refractivity contribution < 1.29 is 4.39 Å². The van der Waals surface area contributed by atoms with Crippen molar-refractivity contribution in [3.05, 3.63) is 70.0 Å². The molecule has 1 N–H and O–H groups in total. The second kappa shape index (κ2) is 5.54. The molecule has 2 rings (SSSR count). The van der Waals surface area contributed by atoms with E-state index in [2.05, 4.69) is 36.5 Å². The van der Waals surface area contributed by atoms with Crippen LogP contribution >= 0.6 is 0 Å². The number of hydrogen-bond acceptors (Lipinski definition) is 1. The van der Waals surface area contributed by atoms with E-state index < -0.39 is 0 Å². The van der Waals surface area contributed by atoms with Gasteiger partial charge in [-0.2, -0.15) is 0 Å². The summed E-state index contributed by atoms with van der Waals surface area (Å²) in [6.45, 7) is 5.70. The van der Waals surface area contributed by atoms with E-state index in [1.807, 2.05) is 33.0 Å². The first kappa shape index (κ1) is 13.8. The molecule has 0 fully saturated rings. The van der Waals surface area contributed by atoms with Crippen LogP contribution in [0.4, 0.5) is 4.39 Å². The Kier molecular flexibility index (Phi) is 4.01. The summed E-state index contributed by atoms with van der Waals surface area (Å²) in [6.07, 6.45) is 0. The molecule has 1 nitrogen and oxygen atoms in total. The maximum absolute atomic E-state index is 13.7. The Balaban J connectivity index is 2.45. The molecule has 0 saturated heterocycles. The molecule has 1 atom stereocenters. The van der Waals surface area contributed by atoms with Crippen LogP contribution in [0.1, 0.15) is 33.9 Å². The molecule has 0 aromatic heterocycles. The molecule has 2 heteroatoms. The van der Waals surface area contributed by atoms with E-state index in [0.29, 0.717) is 11.1 Å². The highest BCUT2D eigenvalue weighted by Gasteiger charge is 2.14. The van der Waals surface area contributed by atoms with Gasteiger partial charge in [-0.25, -0.2) is 4.39 Å². The summed E-state index contributed by atoms with van der Waals surface area (Å²) in [4.78, 5) is 0. The van der Waals surface area contributed by atoms with Gasteiger partial charge in [0.1, 0.15) is 5.82 Å². The first-order chi connectivity index (χ1) is 9.02. The van der Waals surface area contributed by atoms with Crippen molar-refractivity contribution in [1.82, 2.24) is 5.32 Å². The molecular formula is C17H20FN. The van der Waals surface area contributed by atoms with Crippen LogP contribution in [0.5, 0.6) is 0 Å². The lowest BCUT2D eigenvalue weighted by molar-refractivity contribution is 0.604. The Bertz CT molecular complexity index is 549. The van der Waals surface area contributed by atoms with Crippen molar-refractivity contribution >= 4 is 0 Å². The van der Waals surface area contributed by atoms with E-state index in [1.54, 1.807) is 0 Å². The van der Waals surface area contributed by atoms with Gasteiger partial charge in [-0.3, -0.25) is 0 Å². The van der Waals surface area contributed by atoms with E-state index in [9.17, 15) is 4.39 Å². The molecule has 0 amide bonds. The Labute approximate surface area is 114 Å². The van der Waals surface area contributed by atoms with Gasteiger partial charge in [-0.15, -0.1) is 0 Å². The SMILES string of the molecule is CNC(c1ccc(C)cc1)c1cc(C)c(F)c(C)c1. The molecule has 0 heterocycles. The van der Waals surface area contributed by atoms with Crippen molar-refractivity contribution in [2.75, 3.05) is 7.05 Å². The minimum Gasteiger partial charge on any atom is -0.309 e. The number of rotatable bonds is 3. The summed E-state index contributed by atoms with van der Waals surface area (Å²) < 4.78 is 13.7. The lowest BCUT2D eigenvalue weighted by Gasteiger charge is -2.19. The first-order valence-electron chi connectivity index (χ1n) is 6.53. The quantitative estimate of drug-likeness (QED) is 0.874. The number of nitrogens with one attached hydrogen (secondary N) is 1. The average Bonchev–Trinajstić information content (AvgIpc) is 2.39. The van der Waals surface area contributed by atoms with Crippen LogP contribution in [0.15, 0.2) is 36.4 Å². The standard InChI is InChI=1S/C17H20FN/c1-11-5-7-14(8-6-11)17(19-4)15-9-12(2)16(18)13(3)10-15/h5-10,17,19H,1-4H3. The van der Waals surface area contributed by atoms with Gasteiger partial charge in [0.05, 0.1) is 6.04 Å². The summed E-state index contributed by atoms with van der Waals surface area (Å²) in [5, 5.41) is 3.31. The van der Waals surface area contributed by atoms with Crippen LogP contribution in [0.3, 0.4) is 0 Å². The smallest absolute Gasteiger partial charge is 0.129 e. The predicted octanol–water partition coefficient (Wildman–Crippen LogP) is 4.06. The summed E-state index contributed by atoms with van der Waals surface area (Å²) in [5.41, 5.74) is 4.93. The number of hydrogen-bond donors (Lipinski definition) is 1. The maximum Gasteiger partial charge on any atom is 0.129 e. The van der Waals surface area contributed by atoms with Crippen molar-refractivity contribution in [2.45, 2.75) is 26.8 Å². The van der Waals surface area contributed by atoms with E-state index in [4.69, 9.17) is 0 Å². The van der Waals surface area contributed by atoms with Crippen LogP contribution in [-0.4, -0.2) is 7.05 Å². The largest absolute Gasteiger partial charge is 0.309 e. The molecular weight excluding hydrogens is 237 g/mol. The van der Waals surface area contributed by atoms with Crippen LogP contribution in [0.2, 0.25) is 0 Å². The fourth-order valence-corrected chi connectivity index (χ4v) is 2.43. The van der Waals surface area contributed by atoms with Crippen molar-refractivity contribution in [3.63, 3.8) is 0 Å². The van der Waals surface area contributed by atoms with Gasteiger partial charge >= 0.3 is 0 Å². The number of aryl methyl sites for hydroxylation is 3. The van der Waals surface area contributed by atoms with Gasteiger partial charge in [0, 0.05) is 0 Å². The molecule has 0 saturated carbocycles. The highest BCUT2D eigenvalue weighted by Crippen LogP contribution is 2.25. The van der Waals surface area contributed by atoms with E-state index in [-0.39, 0.29) is 11.9 Å². The third-order valence-electron chi connectivity index (χ3n) is 3.49. The van der Waals surface area contributed by atoms with Gasteiger partial charge in [-0.05, 0) is 50.1 Å². The molecule has 0 aliphatic heterocycles. The molecule has 0 radical (unpaired) electrons. The Morgan fingerprint density at radius 3 is 1.89 bits per heavy atom. The predicted molar refractivity (Wildman–Crippen MR) is 78.0 cm³/mol. The Morgan fingerprint density at radius 1 is 0.895 bits per heavy atom. The fourth-order valence-electron chi connectivity index (χ4n) is 2.43. The normalized spacial score (nSPS) is 12.5. The zero-order valence-electron chi connectivity index (χ0n) is 11.9. The second-order valence-electron chi connectivity index (χ2n) is 5.10. The molecule has 0 bridgehead atoms. The average molecular weight is 257 g/mol. The first-order valence-corrected chi connectivity index (χ1v) is 6.53. The van der Waals surface area contributed by atoms with Gasteiger partial charge in [0.15, 0.2) is 0 Å². The zero-order chi connectivity index (χ0) is 14.0. The lowest BCUT2D eigenvalue weighted by Crippen LogP contribution is -2.18. The molecule has 100 valence electrons.